The normalized spacial score (nSPS) is 12.9. The summed E-state index contributed by atoms with van der Waals surface area (Å²) in [6.07, 6.45) is 0.586. The largest absolute Gasteiger partial charge is 0.369 e. The highest BCUT2D eigenvalue weighted by Gasteiger charge is 2.25. The first kappa shape index (κ1) is 14.9. The molecule has 5 N–H and O–H groups in total. The molecule has 0 saturated heterocycles. The van der Waals surface area contributed by atoms with Crippen LogP contribution in [0.25, 0.3) is 0 Å². The first-order valence-corrected chi connectivity index (χ1v) is 5.45. The summed E-state index contributed by atoms with van der Waals surface area (Å²) in [7, 11) is 0. The van der Waals surface area contributed by atoms with E-state index in [-0.39, 0.29) is 12.5 Å². The second-order valence-corrected chi connectivity index (χ2v) is 4.22. The number of nitrogens with two attached hydrogens (primary N) is 2. The van der Waals surface area contributed by atoms with Crippen molar-refractivity contribution in [1.29, 1.82) is 0 Å². The van der Waals surface area contributed by atoms with Crippen LogP contribution in [0, 0.1) is 5.92 Å². The lowest BCUT2D eigenvalue weighted by atomic mass is 10.1. The van der Waals surface area contributed by atoms with E-state index in [9.17, 15) is 9.59 Å². The summed E-state index contributed by atoms with van der Waals surface area (Å²) in [6.45, 7) is 6.61. The fraction of sp³-hybridized carbons (Fsp3) is 0.800. The standard InChI is InChI=1S/C10H22N4O2/c1-4-8(10(16)13-12)14(5-7(2)3)6-9(11)15/h7-8H,4-6,12H2,1-3H3,(H2,11,15)(H,13,16). The number of carbonyl (C=O) groups excluding carboxylic acids is 2. The number of primary amides is 1. The molecule has 0 aliphatic heterocycles. The summed E-state index contributed by atoms with van der Waals surface area (Å²) in [5, 5.41) is 0. The van der Waals surface area contributed by atoms with E-state index in [0.717, 1.165) is 0 Å². The van der Waals surface area contributed by atoms with Crippen LogP contribution in [0.1, 0.15) is 27.2 Å². The number of hydrogen-bond acceptors (Lipinski definition) is 4. The average molecular weight is 230 g/mol. The average Bonchev–Trinajstić information content (AvgIpc) is 2.16. The van der Waals surface area contributed by atoms with Crippen molar-refractivity contribution in [1.82, 2.24) is 10.3 Å². The predicted octanol–water partition coefficient (Wildman–Crippen LogP) is -0.802. The highest BCUT2D eigenvalue weighted by atomic mass is 16.2. The van der Waals surface area contributed by atoms with Gasteiger partial charge in [0.1, 0.15) is 0 Å². The molecule has 0 aliphatic carbocycles. The lowest BCUT2D eigenvalue weighted by molar-refractivity contribution is -0.128. The molecular weight excluding hydrogens is 208 g/mol. The van der Waals surface area contributed by atoms with E-state index >= 15 is 0 Å². The van der Waals surface area contributed by atoms with E-state index < -0.39 is 11.9 Å². The Morgan fingerprint density at radius 2 is 1.94 bits per heavy atom. The van der Waals surface area contributed by atoms with E-state index in [0.29, 0.717) is 18.9 Å². The van der Waals surface area contributed by atoms with Gasteiger partial charge < -0.3 is 5.73 Å². The molecule has 0 radical (unpaired) electrons. The van der Waals surface area contributed by atoms with Crippen molar-refractivity contribution in [2.75, 3.05) is 13.1 Å². The number of rotatable bonds is 7. The van der Waals surface area contributed by atoms with Gasteiger partial charge in [-0.15, -0.1) is 0 Å². The van der Waals surface area contributed by atoms with Gasteiger partial charge in [0, 0.05) is 6.54 Å². The van der Waals surface area contributed by atoms with Crippen molar-refractivity contribution in [2.24, 2.45) is 17.5 Å². The predicted molar refractivity (Wildman–Crippen MR) is 62.0 cm³/mol. The Bertz CT molecular complexity index is 243. The molecule has 0 aliphatic rings. The second-order valence-electron chi connectivity index (χ2n) is 4.22. The number of carbonyl (C=O) groups is 2. The third-order valence-corrected chi connectivity index (χ3v) is 2.23. The first-order chi connectivity index (χ1) is 7.42. The van der Waals surface area contributed by atoms with Gasteiger partial charge in [-0.05, 0) is 12.3 Å². The molecule has 0 heterocycles. The number of nitrogens with zero attached hydrogens (tertiary/aromatic N) is 1. The SMILES string of the molecule is CCC(C(=O)NN)N(CC(N)=O)CC(C)C. The van der Waals surface area contributed by atoms with Crippen LogP contribution in [0.2, 0.25) is 0 Å². The zero-order chi connectivity index (χ0) is 12.7. The van der Waals surface area contributed by atoms with Crippen LogP contribution in [-0.2, 0) is 9.59 Å². The summed E-state index contributed by atoms with van der Waals surface area (Å²) < 4.78 is 0. The zero-order valence-corrected chi connectivity index (χ0v) is 10.2. The molecule has 2 amide bonds. The molecular formula is C10H22N4O2. The molecule has 0 fully saturated rings. The summed E-state index contributed by atoms with van der Waals surface area (Å²) in [4.78, 5) is 24.2. The van der Waals surface area contributed by atoms with Gasteiger partial charge in [0.25, 0.3) is 5.91 Å². The highest BCUT2D eigenvalue weighted by Crippen LogP contribution is 2.07. The number of hydrogen-bond donors (Lipinski definition) is 3. The van der Waals surface area contributed by atoms with E-state index in [2.05, 4.69) is 5.43 Å². The van der Waals surface area contributed by atoms with Crippen LogP contribution in [0.3, 0.4) is 0 Å². The minimum Gasteiger partial charge on any atom is -0.369 e. The zero-order valence-electron chi connectivity index (χ0n) is 10.2. The molecule has 1 unspecified atom stereocenters. The summed E-state index contributed by atoms with van der Waals surface area (Å²) >= 11 is 0. The first-order valence-electron chi connectivity index (χ1n) is 5.45. The minimum atomic E-state index is -0.441. The molecule has 0 rings (SSSR count). The van der Waals surface area contributed by atoms with E-state index in [1.807, 2.05) is 20.8 Å². The Balaban J connectivity index is 4.67. The maximum atomic E-state index is 11.5. The van der Waals surface area contributed by atoms with Crippen molar-refractivity contribution < 1.29 is 9.59 Å². The molecule has 0 saturated carbocycles. The maximum Gasteiger partial charge on any atom is 0.251 e. The van der Waals surface area contributed by atoms with Crippen molar-refractivity contribution >= 4 is 11.8 Å². The minimum absolute atomic E-state index is 0.0735. The molecule has 0 aromatic heterocycles. The Kier molecular flexibility index (Phi) is 6.67. The maximum absolute atomic E-state index is 11.5. The third kappa shape index (κ3) is 5.09. The molecule has 94 valence electrons. The molecule has 0 bridgehead atoms. The van der Waals surface area contributed by atoms with Crippen molar-refractivity contribution in [3.63, 3.8) is 0 Å². The van der Waals surface area contributed by atoms with Gasteiger partial charge in [-0.1, -0.05) is 20.8 Å². The molecule has 6 heteroatoms. The van der Waals surface area contributed by atoms with Crippen LogP contribution >= 0.6 is 0 Å². The van der Waals surface area contributed by atoms with Gasteiger partial charge >= 0.3 is 0 Å². The molecule has 16 heavy (non-hydrogen) atoms. The number of hydrazine groups is 1. The summed E-state index contributed by atoms with van der Waals surface area (Å²) in [5.41, 5.74) is 7.27. The van der Waals surface area contributed by atoms with Crippen LogP contribution in [0.5, 0.6) is 0 Å². The third-order valence-electron chi connectivity index (χ3n) is 2.23. The van der Waals surface area contributed by atoms with Crippen molar-refractivity contribution in [3.05, 3.63) is 0 Å². The van der Waals surface area contributed by atoms with Crippen molar-refractivity contribution in [3.8, 4) is 0 Å². The molecule has 6 nitrogen and oxygen atoms in total. The lowest BCUT2D eigenvalue weighted by Crippen LogP contribution is -2.52. The monoisotopic (exact) mass is 230 g/mol. The van der Waals surface area contributed by atoms with E-state index in [4.69, 9.17) is 11.6 Å². The second kappa shape index (κ2) is 7.19. The molecule has 1 atom stereocenters. The Morgan fingerprint density at radius 1 is 1.38 bits per heavy atom. The smallest absolute Gasteiger partial charge is 0.251 e. The van der Waals surface area contributed by atoms with Gasteiger partial charge in [0.05, 0.1) is 12.6 Å². The van der Waals surface area contributed by atoms with Crippen LogP contribution < -0.4 is 17.0 Å². The molecule has 0 spiro atoms. The van der Waals surface area contributed by atoms with E-state index in [1.165, 1.54) is 0 Å². The van der Waals surface area contributed by atoms with Crippen LogP contribution in [0.4, 0.5) is 0 Å². The van der Waals surface area contributed by atoms with Crippen LogP contribution in [-0.4, -0.2) is 35.8 Å². The quantitative estimate of drug-likeness (QED) is 0.303. The summed E-state index contributed by atoms with van der Waals surface area (Å²) in [5.74, 6) is 4.72. The van der Waals surface area contributed by atoms with Crippen molar-refractivity contribution in [2.45, 2.75) is 33.2 Å². The fourth-order valence-corrected chi connectivity index (χ4v) is 1.68. The molecule has 0 aromatic carbocycles. The topological polar surface area (TPSA) is 101 Å². The molecule has 0 aromatic rings. The Labute approximate surface area is 96.3 Å². The summed E-state index contributed by atoms with van der Waals surface area (Å²) in [6, 6.07) is -0.403. The fourth-order valence-electron chi connectivity index (χ4n) is 1.68. The van der Waals surface area contributed by atoms with Gasteiger partial charge in [0.2, 0.25) is 5.91 Å². The van der Waals surface area contributed by atoms with Gasteiger partial charge in [-0.3, -0.25) is 19.9 Å². The van der Waals surface area contributed by atoms with Crippen LogP contribution in [0.15, 0.2) is 0 Å². The Morgan fingerprint density at radius 3 is 2.25 bits per heavy atom. The lowest BCUT2D eigenvalue weighted by Gasteiger charge is -2.29. The van der Waals surface area contributed by atoms with Gasteiger partial charge in [-0.2, -0.15) is 0 Å². The van der Waals surface area contributed by atoms with Gasteiger partial charge in [0.15, 0.2) is 0 Å². The van der Waals surface area contributed by atoms with Gasteiger partial charge in [-0.25, -0.2) is 5.84 Å². The number of amides is 2. The Hall–Kier alpha value is -1.14. The number of nitrogens with one attached hydrogen (secondary N) is 1. The highest BCUT2D eigenvalue weighted by molar-refractivity contribution is 5.82. The van der Waals surface area contributed by atoms with E-state index in [1.54, 1.807) is 4.90 Å².